The van der Waals surface area contributed by atoms with Gasteiger partial charge < -0.3 is 0 Å². The summed E-state index contributed by atoms with van der Waals surface area (Å²) in [4.78, 5) is 0. The molecule has 0 amide bonds. The minimum absolute atomic E-state index is 0.728. The van der Waals surface area contributed by atoms with Gasteiger partial charge in [0.05, 0.1) is 0 Å². The molecule has 0 fully saturated rings. The summed E-state index contributed by atoms with van der Waals surface area (Å²) in [5, 5.41) is 0. The fourth-order valence-electron chi connectivity index (χ4n) is 1.79. The number of rotatable bonds is 3. The van der Waals surface area contributed by atoms with E-state index < -0.39 is 0 Å². The maximum Gasteiger partial charge on any atom is -0.0141 e. The lowest BCUT2D eigenvalue weighted by Gasteiger charge is -2.18. The zero-order valence-corrected chi connectivity index (χ0v) is 10.2. The smallest absolute Gasteiger partial charge is 0.0141 e. The molecule has 80 valence electrons. The Bertz CT molecular complexity index is 211. The highest BCUT2D eigenvalue weighted by Crippen LogP contribution is 2.26. The van der Waals surface area contributed by atoms with Crippen LogP contribution in [-0.2, 0) is 0 Å². The normalized spacial score (nSPS) is 11.9. The zero-order valence-electron chi connectivity index (χ0n) is 10.2. The van der Waals surface area contributed by atoms with E-state index in [1.165, 1.54) is 12.0 Å². The first-order chi connectivity index (χ1) is 6.75. The van der Waals surface area contributed by atoms with Crippen molar-refractivity contribution in [1.82, 2.24) is 0 Å². The molecule has 1 aromatic rings. The summed E-state index contributed by atoms with van der Waals surface area (Å²) in [7, 11) is 0. The SMILES string of the molecule is CC.CC[C@H](c1ccccc1)C(C)C. The van der Waals surface area contributed by atoms with Crippen molar-refractivity contribution in [3.63, 3.8) is 0 Å². The molecule has 0 saturated carbocycles. The quantitative estimate of drug-likeness (QED) is 0.641. The van der Waals surface area contributed by atoms with Crippen molar-refractivity contribution in [3.8, 4) is 0 Å². The molecule has 0 bridgehead atoms. The molecular weight excluding hydrogens is 168 g/mol. The minimum atomic E-state index is 0.728. The molecule has 0 N–H and O–H groups in total. The topological polar surface area (TPSA) is 0 Å². The Kier molecular flexibility index (Phi) is 7.18. The monoisotopic (exact) mass is 192 g/mol. The predicted molar refractivity (Wildman–Crippen MR) is 65.7 cm³/mol. The molecule has 0 aromatic heterocycles. The van der Waals surface area contributed by atoms with Crippen molar-refractivity contribution in [3.05, 3.63) is 35.9 Å². The summed E-state index contributed by atoms with van der Waals surface area (Å²) in [6.45, 7) is 10.8. The van der Waals surface area contributed by atoms with Gasteiger partial charge in [-0.05, 0) is 23.8 Å². The molecule has 0 radical (unpaired) electrons. The van der Waals surface area contributed by atoms with Crippen LogP contribution in [-0.4, -0.2) is 0 Å². The van der Waals surface area contributed by atoms with Gasteiger partial charge in [0, 0.05) is 0 Å². The van der Waals surface area contributed by atoms with Crippen molar-refractivity contribution >= 4 is 0 Å². The Labute approximate surface area is 89.4 Å². The average Bonchev–Trinajstić information content (AvgIpc) is 2.23. The maximum absolute atomic E-state index is 2.29. The molecule has 0 spiro atoms. The molecule has 0 unspecified atom stereocenters. The van der Waals surface area contributed by atoms with E-state index in [1.54, 1.807) is 0 Å². The highest BCUT2D eigenvalue weighted by molar-refractivity contribution is 5.19. The van der Waals surface area contributed by atoms with E-state index in [-0.39, 0.29) is 0 Å². The van der Waals surface area contributed by atoms with E-state index >= 15 is 0 Å². The highest BCUT2D eigenvalue weighted by atomic mass is 14.2. The van der Waals surface area contributed by atoms with Gasteiger partial charge in [0.25, 0.3) is 0 Å². The van der Waals surface area contributed by atoms with Crippen LogP contribution in [0, 0.1) is 5.92 Å². The molecule has 14 heavy (non-hydrogen) atoms. The Morgan fingerprint density at radius 1 is 1.00 bits per heavy atom. The van der Waals surface area contributed by atoms with E-state index in [1.807, 2.05) is 13.8 Å². The summed E-state index contributed by atoms with van der Waals surface area (Å²) >= 11 is 0. The highest BCUT2D eigenvalue weighted by Gasteiger charge is 2.11. The van der Waals surface area contributed by atoms with Gasteiger partial charge in [-0.15, -0.1) is 0 Å². The first kappa shape index (κ1) is 13.2. The van der Waals surface area contributed by atoms with Crippen LogP contribution >= 0.6 is 0 Å². The fraction of sp³-hybridized carbons (Fsp3) is 0.571. The van der Waals surface area contributed by atoms with E-state index in [9.17, 15) is 0 Å². The van der Waals surface area contributed by atoms with Crippen LogP contribution in [0.2, 0.25) is 0 Å². The Morgan fingerprint density at radius 2 is 1.50 bits per heavy atom. The number of hydrogen-bond acceptors (Lipinski definition) is 0. The molecule has 0 saturated heterocycles. The first-order valence-electron chi connectivity index (χ1n) is 5.80. The summed E-state index contributed by atoms with van der Waals surface area (Å²) in [6.07, 6.45) is 1.24. The van der Waals surface area contributed by atoms with E-state index in [0.29, 0.717) is 0 Å². The van der Waals surface area contributed by atoms with Crippen LogP contribution in [0.3, 0.4) is 0 Å². The molecule has 0 aliphatic rings. The van der Waals surface area contributed by atoms with Gasteiger partial charge in [0.1, 0.15) is 0 Å². The van der Waals surface area contributed by atoms with Crippen LogP contribution in [0.5, 0.6) is 0 Å². The van der Waals surface area contributed by atoms with Crippen molar-refractivity contribution < 1.29 is 0 Å². The predicted octanol–water partition coefficient (Wildman–Crippen LogP) is 4.86. The van der Waals surface area contributed by atoms with Crippen LogP contribution in [0.4, 0.5) is 0 Å². The molecule has 0 aliphatic heterocycles. The van der Waals surface area contributed by atoms with E-state index in [2.05, 4.69) is 51.1 Å². The van der Waals surface area contributed by atoms with Crippen molar-refractivity contribution in [2.75, 3.05) is 0 Å². The Morgan fingerprint density at radius 3 is 1.86 bits per heavy atom. The molecule has 0 heterocycles. The Hall–Kier alpha value is -0.780. The number of benzene rings is 1. The standard InChI is InChI=1S/C12H18.C2H6/c1-4-12(10(2)3)11-8-6-5-7-9-11;1-2/h5-10,12H,4H2,1-3H3;1-2H3/t12-;/m0./s1. The van der Waals surface area contributed by atoms with Crippen LogP contribution in [0.25, 0.3) is 0 Å². The van der Waals surface area contributed by atoms with Crippen LogP contribution in [0.15, 0.2) is 30.3 Å². The minimum Gasteiger partial charge on any atom is -0.0683 e. The van der Waals surface area contributed by atoms with Gasteiger partial charge in [-0.2, -0.15) is 0 Å². The zero-order chi connectivity index (χ0) is 11.0. The van der Waals surface area contributed by atoms with Gasteiger partial charge >= 0.3 is 0 Å². The second-order valence-corrected chi connectivity index (χ2v) is 3.67. The third-order valence-electron chi connectivity index (χ3n) is 2.47. The van der Waals surface area contributed by atoms with E-state index in [4.69, 9.17) is 0 Å². The first-order valence-corrected chi connectivity index (χ1v) is 5.80. The van der Waals surface area contributed by atoms with Gasteiger partial charge in [-0.1, -0.05) is 65.0 Å². The average molecular weight is 192 g/mol. The van der Waals surface area contributed by atoms with Gasteiger partial charge in [0.15, 0.2) is 0 Å². The second kappa shape index (κ2) is 7.61. The third-order valence-corrected chi connectivity index (χ3v) is 2.47. The molecular formula is C14H24. The number of hydrogen-bond donors (Lipinski definition) is 0. The molecule has 0 nitrogen and oxygen atoms in total. The van der Waals surface area contributed by atoms with Crippen molar-refractivity contribution in [2.24, 2.45) is 5.92 Å². The lowest BCUT2D eigenvalue weighted by atomic mass is 9.86. The Balaban J connectivity index is 0.000000791. The fourth-order valence-corrected chi connectivity index (χ4v) is 1.79. The van der Waals surface area contributed by atoms with Crippen LogP contribution in [0.1, 0.15) is 52.5 Å². The maximum atomic E-state index is 2.29. The molecule has 1 rings (SSSR count). The summed E-state index contributed by atoms with van der Waals surface area (Å²) in [5.74, 6) is 1.48. The van der Waals surface area contributed by atoms with E-state index in [0.717, 1.165) is 11.8 Å². The summed E-state index contributed by atoms with van der Waals surface area (Å²) in [5.41, 5.74) is 1.48. The largest absolute Gasteiger partial charge is 0.0683 e. The van der Waals surface area contributed by atoms with Crippen molar-refractivity contribution in [2.45, 2.75) is 47.0 Å². The van der Waals surface area contributed by atoms with Gasteiger partial charge in [-0.25, -0.2) is 0 Å². The van der Waals surface area contributed by atoms with Gasteiger partial charge in [-0.3, -0.25) is 0 Å². The molecule has 0 heteroatoms. The third kappa shape index (κ3) is 3.95. The second-order valence-electron chi connectivity index (χ2n) is 3.67. The molecule has 1 atom stereocenters. The van der Waals surface area contributed by atoms with Crippen molar-refractivity contribution in [1.29, 1.82) is 0 Å². The van der Waals surface area contributed by atoms with Crippen LogP contribution < -0.4 is 0 Å². The lowest BCUT2D eigenvalue weighted by molar-refractivity contribution is 0.485. The lowest BCUT2D eigenvalue weighted by Crippen LogP contribution is -2.04. The molecule has 0 aliphatic carbocycles. The summed E-state index contributed by atoms with van der Waals surface area (Å²) < 4.78 is 0. The van der Waals surface area contributed by atoms with Gasteiger partial charge in [0.2, 0.25) is 0 Å². The summed E-state index contributed by atoms with van der Waals surface area (Å²) in [6, 6.07) is 10.8. The molecule has 1 aromatic carbocycles.